The average Bonchev–Trinajstić information content (AvgIpc) is 3.34. The molecule has 144 valence electrons. The summed E-state index contributed by atoms with van der Waals surface area (Å²) >= 11 is 4.54. The van der Waals surface area contributed by atoms with E-state index in [0.717, 1.165) is 37.2 Å². The number of hydrogen-bond acceptors (Lipinski definition) is 8. The van der Waals surface area contributed by atoms with E-state index in [-0.39, 0.29) is 23.0 Å². The molecule has 0 spiro atoms. The summed E-state index contributed by atoms with van der Waals surface area (Å²) < 4.78 is 5.87. The molecule has 0 saturated heterocycles. The predicted molar refractivity (Wildman–Crippen MR) is 124 cm³/mol. The van der Waals surface area contributed by atoms with Gasteiger partial charge in [-0.25, -0.2) is 9.78 Å². The molecule has 0 aliphatic carbocycles. The first-order valence-corrected chi connectivity index (χ1v) is 10.9. The fraction of sp³-hybridized carbons (Fsp3) is 0.105. The zero-order valence-electron chi connectivity index (χ0n) is 15.0. The highest BCUT2D eigenvalue weighted by Crippen LogP contribution is 2.39. The monoisotopic (exact) mass is 493 g/mol. The number of nitrogens with zero attached hydrogens (tertiary/aromatic N) is 2. The number of anilines is 2. The molecule has 0 aliphatic heterocycles. The number of para-hydroxylation sites is 1. The Labute approximate surface area is 185 Å². The number of fused-ring (bicyclic) bond motifs is 1. The van der Waals surface area contributed by atoms with Crippen LogP contribution >= 0.6 is 51.4 Å². The fourth-order valence-electron chi connectivity index (χ4n) is 2.62. The van der Waals surface area contributed by atoms with E-state index in [0.29, 0.717) is 4.88 Å². The first-order valence-electron chi connectivity index (χ1n) is 8.02. The van der Waals surface area contributed by atoms with Crippen LogP contribution in [0.4, 0.5) is 10.8 Å². The number of thiophene rings is 1. The lowest BCUT2D eigenvalue weighted by Gasteiger charge is -2.03. The molecule has 4 aromatic rings. The molecule has 0 aliphatic rings. The molecule has 1 N–H and O–H groups in total. The van der Waals surface area contributed by atoms with Crippen LogP contribution in [0, 0.1) is 0 Å². The lowest BCUT2D eigenvalue weighted by molar-refractivity contribution is 0.0606. The number of rotatable bonds is 5. The topological polar surface area (TPSA) is 64.1 Å². The van der Waals surface area contributed by atoms with Gasteiger partial charge < -0.3 is 10.1 Å². The minimum Gasteiger partial charge on any atom is -0.465 e. The number of carbonyl (C=O) groups excluding carboxylic acids is 1. The highest BCUT2D eigenvalue weighted by molar-refractivity contribution is 8.93. The van der Waals surface area contributed by atoms with E-state index < -0.39 is 0 Å². The number of nitrogens with one attached hydrogen (secondary N) is 1. The third-order valence-electron chi connectivity index (χ3n) is 3.89. The minimum atomic E-state index is -0.322. The molecule has 3 aromatic heterocycles. The average molecular weight is 494 g/mol. The number of carbonyl (C=O) groups is 1. The van der Waals surface area contributed by atoms with Crippen molar-refractivity contribution in [2.75, 3.05) is 18.7 Å². The first-order chi connectivity index (χ1) is 13.2. The molecular weight excluding hydrogens is 478 g/mol. The summed E-state index contributed by atoms with van der Waals surface area (Å²) in [4.78, 5) is 21.6. The lowest BCUT2D eigenvalue weighted by Crippen LogP contribution is -1.96. The van der Waals surface area contributed by atoms with Crippen molar-refractivity contribution in [1.82, 2.24) is 9.97 Å². The molecule has 0 fully saturated rings. The maximum Gasteiger partial charge on any atom is 0.348 e. The maximum absolute atomic E-state index is 11.8. The van der Waals surface area contributed by atoms with E-state index in [1.807, 2.05) is 42.0 Å². The number of aromatic nitrogens is 2. The van der Waals surface area contributed by atoms with Crippen LogP contribution in [0.3, 0.4) is 0 Å². The molecule has 0 atom stereocenters. The van der Waals surface area contributed by atoms with Crippen LogP contribution in [-0.4, -0.2) is 29.3 Å². The summed E-state index contributed by atoms with van der Waals surface area (Å²) in [5.74, 6) is -0.322. The first kappa shape index (κ1) is 20.8. The second kappa shape index (κ2) is 9.04. The quantitative estimate of drug-likeness (QED) is 0.261. The van der Waals surface area contributed by atoms with Crippen molar-refractivity contribution in [1.29, 1.82) is 0 Å². The van der Waals surface area contributed by atoms with Crippen molar-refractivity contribution in [3.05, 3.63) is 52.9 Å². The van der Waals surface area contributed by atoms with Crippen molar-refractivity contribution >= 4 is 79.1 Å². The van der Waals surface area contributed by atoms with Gasteiger partial charge >= 0.3 is 5.97 Å². The second-order valence-electron chi connectivity index (χ2n) is 5.59. The number of esters is 1. The molecule has 0 unspecified atom stereocenters. The van der Waals surface area contributed by atoms with Crippen LogP contribution in [0.2, 0.25) is 0 Å². The molecule has 3 heterocycles. The summed E-state index contributed by atoms with van der Waals surface area (Å²) in [6.45, 7) is 0. The van der Waals surface area contributed by atoms with Gasteiger partial charge in [0.2, 0.25) is 0 Å². The molecule has 0 radical (unpaired) electrons. The van der Waals surface area contributed by atoms with Crippen LogP contribution in [0.5, 0.6) is 0 Å². The maximum atomic E-state index is 11.8. The molecule has 4 rings (SSSR count). The normalized spacial score (nSPS) is 10.5. The zero-order chi connectivity index (χ0) is 18.8. The third-order valence-corrected chi connectivity index (χ3v) is 6.90. The van der Waals surface area contributed by atoms with Gasteiger partial charge in [-0.2, -0.15) is 0 Å². The van der Waals surface area contributed by atoms with Crippen LogP contribution in [0.15, 0.2) is 52.2 Å². The highest BCUT2D eigenvalue weighted by Gasteiger charge is 2.18. The smallest absolute Gasteiger partial charge is 0.348 e. The Balaban J connectivity index is 0.00000225. The SMILES string of the molecule is Br.COC(=O)c1cc(-c2csc(Nc3cnc4ccccc4c3)n2)c(SC)s1. The molecule has 9 heteroatoms. The molecule has 1 aromatic carbocycles. The number of methoxy groups -OCH3 is 1. The van der Waals surface area contributed by atoms with E-state index in [2.05, 4.69) is 21.4 Å². The Hall–Kier alpha value is -1.94. The summed E-state index contributed by atoms with van der Waals surface area (Å²) in [6, 6.07) is 11.9. The Kier molecular flexibility index (Phi) is 6.71. The van der Waals surface area contributed by atoms with Gasteiger partial charge in [-0.1, -0.05) is 18.2 Å². The van der Waals surface area contributed by atoms with Gasteiger partial charge in [0.05, 0.1) is 34.4 Å². The number of pyridine rings is 1. The summed E-state index contributed by atoms with van der Waals surface area (Å²) in [7, 11) is 1.39. The van der Waals surface area contributed by atoms with Gasteiger partial charge in [0.1, 0.15) is 4.88 Å². The zero-order valence-corrected chi connectivity index (χ0v) is 19.1. The largest absolute Gasteiger partial charge is 0.465 e. The van der Waals surface area contributed by atoms with Gasteiger partial charge in [0.15, 0.2) is 5.13 Å². The molecule has 0 bridgehead atoms. The fourth-order valence-corrected chi connectivity index (χ4v) is 5.16. The summed E-state index contributed by atoms with van der Waals surface area (Å²) in [5, 5.41) is 7.15. The van der Waals surface area contributed by atoms with E-state index in [1.54, 1.807) is 18.0 Å². The van der Waals surface area contributed by atoms with Crippen LogP contribution in [0.25, 0.3) is 22.2 Å². The standard InChI is InChI=1S/C19H15N3O2S3.BrH/c1-24-17(23)16-8-13(18(25-2)27-16)15-10-26-19(22-15)21-12-7-11-5-3-4-6-14(11)20-9-12;/h3-10H,1-2H3,(H,21,22);1H. The van der Waals surface area contributed by atoms with Crippen LogP contribution in [0.1, 0.15) is 9.67 Å². The molecule has 28 heavy (non-hydrogen) atoms. The minimum absolute atomic E-state index is 0. The Morgan fingerprint density at radius 3 is 2.86 bits per heavy atom. The summed E-state index contributed by atoms with van der Waals surface area (Å²) in [6.07, 6.45) is 3.79. The third kappa shape index (κ3) is 4.22. The number of hydrogen-bond donors (Lipinski definition) is 1. The van der Waals surface area contributed by atoms with E-state index in [1.165, 1.54) is 29.8 Å². The van der Waals surface area contributed by atoms with Crippen LogP contribution < -0.4 is 5.32 Å². The van der Waals surface area contributed by atoms with Gasteiger partial charge in [-0.05, 0) is 24.5 Å². The predicted octanol–water partition coefficient (Wildman–Crippen LogP) is 6.25. The van der Waals surface area contributed by atoms with Crippen molar-refractivity contribution in [2.24, 2.45) is 0 Å². The number of thioether (sulfide) groups is 1. The number of halogens is 1. The number of ether oxygens (including phenoxy) is 1. The summed E-state index contributed by atoms with van der Waals surface area (Å²) in [5.41, 5.74) is 3.64. The van der Waals surface area contributed by atoms with Gasteiger partial charge in [-0.15, -0.1) is 51.4 Å². The Morgan fingerprint density at radius 2 is 2.07 bits per heavy atom. The number of thiazole rings is 1. The molecular formula is C19H16BrN3O2S3. The molecule has 0 amide bonds. The lowest BCUT2D eigenvalue weighted by atomic mass is 10.2. The Bertz CT molecular complexity index is 1130. The van der Waals surface area contributed by atoms with Crippen LogP contribution in [-0.2, 0) is 4.74 Å². The van der Waals surface area contributed by atoms with Gasteiger partial charge in [0, 0.05) is 16.3 Å². The van der Waals surface area contributed by atoms with E-state index >= 15 is 0 Å². The van der Waals surface area contributed by atoms with Crippen molar-refractivity contribution in [2.45, 2.75) is 4.21 Å². The highest BCUT2D eigenvalue weighted by atomic mass is 79.9. The van der Waals surface area contributed by atoms with E-state index in [4.69, 9.17) is 4.74 Å². The van der Waals surface area contributed by atoms with Crippen molar-refractivity contribution in [3.63, 3.8) is 0 Å². The molecule has 5 nitrogen and oxygen atoms in total. The van der Waals surface area contributed by atoms with Crippen molar-refractivity contribution < 1.29 is 9.53 Å². The van der Waals surface area contributed by atoms with Gasteiger partial charge in [-0.3, -0.25) is 4.98 Å². The Morgan fingerprint density at radius 1 is 1.25 bits per heavy atom. The molecule has 0 saturated carbocycles. The van der Waals surface area contributed by atoms with E-state index in [9.17, 15) is 4.79 Å². The van der Waals surface area contributed by atoms with Gasteiger partial charge in [0.25, 0.3) is 0 Å². The number of benzene rings is 1. The van der Waals surface area contributed by atoms with Crippen molar-refractivity contribution in [3.8, 4) is 11.3 Å². The second-order valence-corrected chi connectivity index (χ2v) is 8.57.